The predicted molar refractivity (Wildman–Crippen MR) is 164 cm³/mol. The van der Waals surface area contributed by atoms with Crippen molar-refractivity contribution in [3.63, 3.8) is 0 Å². The van der Waals surface area contributed by atoms with E-state index in [-0.39, 0.29) is 41.9 Å². The second kappa shape index (κ2) is 17.6. The molecule has 0 aromatic carbocycles. The van der Waals surface area contributed by atoms with E-state index < -0.39 is 54.6 Å². The maximum Gasteiger partial charge on any atom is 0.404 e. The quantitative estimate of drug-likeness (QED) is 0.101. The molecule has 240 valence electrons. The Bertz CT molecular complexity index is 962. The summed E-state index contributed by atoms with van der Waals surface area (Å²) in [6, 6.07) is 0. The van der Waals surface area contributed by atoms with E-state index in [1.165, 1.54) is 0 Å². The molecule has 0 unspecified atom stereocenters. The molecule has 0 bridgehead atoms. The molecule has 1 rings (SSSR count). The summed E-state index contributed by atoms with van der Waals surface area (Å²) in [5.74, 6) is -2.52. The van der Waals surface area contributed by atoms with E-state index in [0.717, 1.165) is 5.57 Å². The van der Waals surface area contributed by atoms with Crippen molar-refractivity contribution < 1.29 is 39.5 Å². The number of hydrogen-bond acceptors (Lipinski definition) is 8. The summed E-state index contributed by atoms with van der Waals surface area (Å²) in [6.07, 6.45) is 6.04. The fourth-order valence-corrected chi connectivity index (χ4v) is 5.80. The molecule has 42 heavy (non-hydrogen) atoms. The van der Waals surface area contributed by atoms with Gasteiger partial charge < -0.3 is 35.6 Å². The second-order valence-corrected chi connectivity index (χ2v) is 12.4. The molecule has 9 nitrogen and oxygen atoms in total. The van der Waals surface area contributed by atoms with Crippen LogP contribution < -0.4 is 5.73 Å². The van der Waals surface area contributed by atoms with Crippen LogP contribution in [-0.2, 0) is 14.3 Å². The van der Waals surface area contributed by atoms with Gasteiger partial charge in [0.2, 0.25) is 0 Å². The first-order valence-corrected chi connectivity index (χ1v) is 15.0. The van der Waals surface area contributed by atoms with Gasteiger partial charge in [0, 0.05) is 36.0 Å². The molecule has 1 saturated heterocycles. The van der Waals surface area contributed by atoms with E-state index in [9.17, 15) is 30.0 Å². The average Bonchev–Trinajstić information content (AvgIpc) is 2.93. The standard InChI is InChI=1S/C33H55NO8/c1-10-11-12-20(4)31(42-33(34)40)24(8)29(37)22(6)16-18(2)15-21(5)28(36)19(3)13-14-26(35)17-27-23(7)30(38)25(9)32(39)41-27/h10-15,19-31,35-38H,1,16-17H2,2-9H3,(H2,34,40)/b12-11+,14-13?,18-15+/t19-,20-,21-,22-,23-,24-,25+,26+,27-,28-,29+,30-,31-/m0/s1. The van der Waals surface area contributed by atoms with E-state index in [0.29, 0.717) is 6.42 Å². The van der Waals surface area contributed by atoms with Gasteiger partial charge in [-0.1, -0.05) is 90.2 Å². The lowest BCUT2D eigenvalue weighted by Gasteiger charge is -2.36. The topological polar surface area (TPSA) is 160 Å². The van der Waals surface area contributed by atoms with Crippen LogP contribution in [0.2, 0.25) is 0 Å². The Morgan fingerprint density at radius 2 is 1.64 bits per heavy atom. The Hall–Kier alpha value is -2.46. The molecule has 0 spiro atoms. The van der Waals surface area contributed by atoms with Crippen LogP contribution in [0.3, 0.4) is 0 Å². The summed E-state index contributed by atoms with van der Waals surface area (Å²) in [7, 11) is 0. The van der Waals surface area contributed by atoms with E-state index in [1.807, 2.05) is 53.7 Å². The molecule has 9 heteroatoms. The van der Waals surface area contributed by atoms with Crippen molar-refractivity contribution in [3.8, 4) is 0 Å². The molecule has 1 amide bonds. The summed E-state index contributed by atoms with van der Waals surface area (Å²) in [5, 5.41) is 42.8. The number of amides is 1. The number of cyclic esters (lactones) is 1. The third kappa shape index (κ3) is 11.3. The molecule has 1 fully saturated rings. The van der Waals surface area contributed by atoms with Gasteiger partial charge in [-0.2, -0.15) is 0 Å². The zero-order valence-electron chi connectivity index (χ0n) is 26.6. The SMILES string of the molecule is C=C/C=C/[C@H](C)[C@H](OC(N)=O)[C@@H](C)[C@H](O)[C@@H](C)C/C(C)=C/[C@H](C)[C@@H](O)[C@@H](C)C=C[C@@H](O)C[C@@H]1OC(=O)[C@H](C)[C@@H](O)[C@H]1C. The Morgan fingerprint density at radius 1 is 1.02 bits per heavy atom. The minimum absolute atomic E-state index is 0.152. The van der Waals surface area contributed by atoms with Crippen LogP contribution in [0.1, 0.15) is 68.2 Å². The van der Waals surface area contributed by atoms with Crippen molar-refractivity contribution in [2.45, 2.75) is 105 Å². The number of hydrogen-bond donors (Lipinski definition) is 5. The summed E-state index contributed by atoms with van der Waals surface area (Å²) in [4.78, 5) is 23.5. The number of esters is 1. The van der Waals surface area contributed by atoms with Crippen molar-refractivity contribution in [1.29, 1.82) is 0 Å². The van der Waals surface area contributed by atoms with Crippen LogP contribution in [0, 0.1) is 41.4 Å². The van der Waals surface area contributed by atoms with Crippen molar-refractivity contribution in [2.75, 3.05) is 0 Å². The highest BCUT2D eigenvalue weighted by atomic mass is 16.6. The molecule has 1 heterocycles. The van der Waals surface area contributed by atoms with Gasteiger partial charge in [0.1, 0.15) is 12.2 Å². The van der Waals surface area contributed by atoms with E-state index in [4.69, 9.17) is 15.2 Å². The Morgan fingerprint density at radius 3 is 2.21 bits per heavy atom. The summed E-state index contributed by atoms with van der Waals surface area (Å²) in [6.45, 7) is 18.5. The maximum atomic E-state index is 12.0. The number of carbonyl (C=O) groups excluding carboxylic acids is 2. The van der Waals surface area contributed by atoms with Crippen molar-refractivity contribution >= 4 is 12.1 Å². The fourth-order valence-electron chi connectivity index (χ4n) is 5.80. The number of aliphatic hydroxyl groups is 4. The van der Waals surface area contributed by atoms with Crippen LogP contribution in [0.4, 0.5) is 4.79 Å². The Labute approximate surface area is 252 Å². The monoisotopic (exact) mass is 593 g/mol. The van der Waals surface area contributed by atoms with Gasteiger partial charge >= 0.3 is 12.1 Å². The van der Waals surface area contributed by atoms with Gasteiger partial charge in [-0.3, -0.25) is 4.79 Å². The molecule has 0 radical (unpaired) electrons. The molecule has 0 saturated carbocycles. The van der Waals surface area contributed by atoms with Crippen molar-refractivity contribution in [3.05, 3.63) is 48.6 Å². The average molecular weight is 594 g/mol. The summed E-state index contributed by atoms with van der Waals surface area (Å²) >= 11 is 0. The van der Waals surface area contributed by atoms with Gasteiger partial charge in [-0.05, 0) is 26.2 Å². The minimum atomic E-state index is -0.894. The smallest absolute Gasteiger partial charge is 0.404 e. The lowest BCUT2D eigenvalue weighted by atomic mass is 9.81. The number of allylic oxidation sites excluding steroid dienone is 3. The molecule has 1 aliphatic rings. The second-order valence-electron chi connectivity index (χ2n) is 12.4. The van der Waals surface area contributed by atoms with Gasteiger partial charge in [0.25, 0.3) is 0 Å². The highest BCUT2D eigenvalue weighted by molar-refractivity contribution is 5.73. The lowest BCUT2D eigenvalue weighted by molar-refractivity contribution is -0.179. The first-order valence-electron chi connectivity index (χ1n) is 15.0. The van der Waals surface area contributed by atoms with Crippen LogP contribution in [0.15, 0.2) is 48.6 Å². The molecule has 0 aliphatic carbocycles. The van der Waals surface area contributed by atoms with Crippen LogP contribution >= 0.6 is 0 Å². The molecular weight excluding hydrogens is 538 g/mol. The summed E-state index contributed by atoms with van der Waals surface area (Å²) < 4.78 is 10.8. The van der Waals surface area contributed by atoms with Crippen LogP contribution in [0.25, 0.3) is 0 Å². The minimum Gasteiger partial charge on any atom is -0.462 e. The highest BCUT2D eigenvalue weighted by Crippen LogP contribution is 2.30. The van der Waals surface area contributed by atoms with Gasteiger partial charge in [-0.25, -0.2) is 4.79 Å². The normalized spacial score (nSPS) is 28.3. The van der Waals surface area contributed by atoms with E-state index in [2.05, 4.69) is 6.58 Å². The maximum absolute atomic E-state index is 12.0. The largest absolute Gasteiger partial charge is 0.462 e. The number of ether oxygens (including phenoxy) is 2. The van der Waals surface area contributed by atoms with E-state index >= 15 is 0 Å². The zero-order valence-corrected chi connectivity index (χ0v) is 26.6. The number of aliphatic hydroxyl groups excluding tert-OH is 4. The van der Waals surface area contributed by atoms with Gasteiger partial charge in [0.05, 0.1) is 30.3 Å². The molecule has 13 atom stereocenters. The Balaban J connectivity index is 2.76. The number of rotatable bonds is 16. The van der Waals surface area contributed by atoms with E-state index in [1.54, 1.807) is 38.2 Å². The summed E-state index contributed by atoms with van der Waals surface area (Å²) in [5.41, 5.74) is 6.30. The predicted octanol–water partition coefficient (Wildman–Crippen LogP) is 4.30. The number of nitrogens with two attached hydrogens (primary N) is 1. The molecule has 6 N–H and O–H groups in total. The molecular formula is C33H55NO8. The van der Waals surface area contributed by atoms with Gasteiger partial charge in [-0.15, -0.1) is 0 Å². The molecule has 1 aliphatic heterocycles. The van der Waals surface area contributed by atoms with Crippen molar-refractivity contribution in [2.24, 2.45) is 47.2 Å². The third-order valence-corrected chi connectivity index (χ3v) is 8.62. The first-order chi connectivity index (χ1) is 19.5. The zero-order chi connectivity index (χ0) is 32.3. The third-order valence-electron chi connectivity index (χ3n) is 8.62. The van der Waals surface area contributed by atoms with Crippen LogP contribution in [-0.4, -0.2) is 69.1 Å². The fraction of sp³-hybridized carbons (Fsp3) is 0.697. The van der Waals surface area contributed by atoms with Gasteiger partial charge in [0.15, 0.2) is 0 Å². The highest BCUT2D eigenvalue weighted by Gasteiger charge is 2.41. The lowest BCUT2D eigenvalue weighted by Crippen LogP contribution is -2.47. The first kappa shape index (κ1) is 37.6. The number of primary amides is 1. The molecule has 0 aromatic rings. The van der Waals surface area contributed by atoms with Crippen LogP contribution in [0.5, 0.6) is 0 Å². The number of carbonyl (C=O) groups is 2. The van der Waals surface area contributed by atoms with Crippen molar-refractivity contribution in [1.82, 2.24) is 0 Å². The molecule has 0 aromatic heterocycles. The Kier molecular flexibility index (Phi) is 15.7.